The molecule has 72 valence electrons. The molecule has 2 heteroatoms. The SMILES string of the molecule is C=C(CC=Cc1ccccc1)C(N)=O. The molecule has 0 spiro atoms. The van der Waals surface area contributed by atoms with Crippen LogP contribution in [0.1, 0.15) is 12.0 Å². The number of nitrogens with two attached hydrogens (primary N) is 1. The molecule has 1 amide bonds. The number of amides is 1. The summed E-state index contributed by atoms with van der Waals surface area (Å²) in [5.74, 6) is -0.442. The Hall–Kier alpha value is -1.83. The summed E-state index contributed by atoms with van der Waals surface area (Å²) < 4.78 is 0. The van der Waals surface area contributed by atoms with E-state index in [1.165, 1.54) is 0 Å². The van der Waals surface area contributed by atoms with Crippen molar-refractivity contribution in [1.82, 2.24) is 0 Å². The molecule has 0 aliphatic rings. The van der Waals surface area contributed by atoms with Gasteiger partial charge in [0.1, 0.15) is 0 Å². The van der Waals surface area contributed by atoms with Gasteiger partial charge < -0.3 is 5.73 Å². The van der Waals surface area contributed by atoms with Crippen molar-refractivity contribution < 1.29 is 4.79 Å². The highest BCUT2D eigenvalue weighted by atomic mass is 16.1. The highest BCUT2D eigenvalue weighted by molar-refractivity contribution is 5.91. The van der Waals surface area contributed by atoms with E-state index in [1.54, 1.807) is 0 Å². The van der Waals surface area contributed by atoms with Crippen molar-refractivity contribution in [3.05, 3.63) is 54.1 Å². The molecule has 1 aromatic carbocycles. The van der Waals surface area contributed by atoms with Crippen molar-refractivity contribution in [2.75, 3.05) is 0 Å². The summed E-state index contributed by atoms with van der Waals surface area (Å²) in [6.07, 6.45) is 4.32. The fourth-order valence-corrected chi connectivity index (χ4v) is 1.00. The Morgan fingerprint density at radius 3 is 2.57 bits per heavy atom. The predicted octanol–water partition coefficient (Wildman–Crippen LogP) is 2.13. The van der Waals surface area contributed by atoms with Crippen molar-refractivity contribution in [2.24, 2.45) is 5.73 Å². The Balaban J connectivity index is 2.50. The minimum absolute atomic E-state index is 0.428. The maximum atomic E-state index is 10.6. The molecule has 2 nitrogen and oxygen atoms in total. The second-order valence-corrected chi connectivity index (χ2v) is 2.98. The first kappa shape index (κ1) is 10.3. The van der Waals surface area contributed by atoms with E-state index < -0.39 is 5.91 Å². The van der Waals surface area contributed by atoms with Gasteiger partial charge in [0.15, 0.2) is 0 Å². The third-order valence-corrected chi connectivity index (χ3v) is 1.82. The van der Waals surface area contributed by atoms with Crippen molar-refractivity contribution in [3.8, 4) is 0 Å². The van der Waals surface area contributed by atoms with Crippen molar-refractivity contribution in [3.63, 3.8) is 0 Å². The van der Waals surface area contributed by atoms with Crippen LogP contribution in [0.3, 0.4) is 0 Å². The van der Waals surface area contributed by atoms with E-state index in [-0.39, 0.29) is 0 Å². The molecular formula is C12H13NO. The molecule has 0 bridgehead atoms. The van der Waals surface area contributed by atoms with Gasteiger partial charge in [0.25, 0.3) is 0 Å². The summed E-state index contributed by atoms with van der Waals surface area (Å²) in [7, 11) is 0. The maximum Gasteiger partial charge on any atom is 0.244 e. The summed E-state index contributed by atoms with van der Waals surface area (Å²) in [5, 5.41) is 0. The van der Waals surface area contributed by atoms with E-state index in [9.17, 15) is 4.79 Å². The molecule has 0 heterocycles. The van der Waals surface area contributed by atoms with Crippen LogP contribution in [-0.4, -0.2) is 5.91 Å². The average molecular weight is 187 g/mol. The Kier molecular flexibility index (Phi) is 3.68. The summed E-state index contributed by atoms with van der Waals surface area (Å²) in [4.78, 5) is 10.6. The molecule has 0 radical (unpaired) electrons. The molecule has 0 aromatic heterocycles. The first-order valence-electron chi connectivity index (χ1n) is 4.39. The van der Waals surface area contributed by atoms with E-state index in [2.05, 4.69) is 6.58 Å². The fourth-order valence-electron chi connectivity index (χ4n) is 1.00. The molecule has 0 atom stereocenters. The number of hydrogen-bond acceptors (Lipinski definition) is 1. The van der Waals surface area contributed by atoms with Crippen molar-refractivity contribution in [1.29, 1.82) is 0 Å². The number of benzene rings is 1. The van der Waals surface area contributed by atoms with Crippen LogP contribution in [0.2, 0.25) is 0 Å². The van der Waals surface area contributed by atoms with Crippen LogP contribution < -0.4 is 5.73 Å². The molecule has 0 aliphatic carbocycles. The van der Waals surface area contributed by atoms with Gasteiger partial charge in [-0.1, -0.05) is 49.1 Å². The molecule has 1 rings (SSSR count). The minimum atomic E-state index is -0.442. The molecule has 0 fully saturated rings. The topological polar surface area (TPSA) is 43.1 Å². The summed E-state index contributed by atoms with van der Waals surface area (Å²) in [6, 6.07) is 9.86. The van der Waals surface area contributed by atoms with Gasteiger partial charge in [0.05, 0.1) is 0 Å². The zero-order chi connectivity index (χ0) is 10.4. The van der Waals surface area contributed by atoms with E-state index >= 15 is 0 Å². The summed E-state index contributed by atoms with van der Waals surface area (Å²) in [6.45, 7) is 3.56. The van der Waals surface area contributed by atoms with Crippen molar-refractivity contribution >= 4 is 12.0 Å². The third-order valence-electron chi connectivity index (χ3n) is 1.82. The zero-order valence-electron chi connectivity index (χ0n) is 7.94. The molecule has 0 saturated heterocycles. The second-order valence-electron chi connectivity index (χ2n) is 2.98. The molecule has 0 aliphatic heterocycles. The quantitative estimate of drug-likeness (QED) is 0.721. The second kappa shape index (κ2) is 5.02. The van der Waals surface area contributed by atoms with Crippen LogP contribution in [0.25, 0.3) is 6.08 Å². The van der Waals surface area contributed by atoms with Crippen LogP contribution in [0.5, 0.6) is 0 Å². The lowest BCUT2D eigenvalue weighted by atomic mass is 10.1. The van der Waals surface area contributed by atoms with Gasteiger partial charge in [0, 0.05) is 5.57 Å². The number of allylic oxidation sites excluding steroid dienone is 1. The molecule has 2 N–H and O–H groups in total. The number of primary amides is 1. The van der Waals surface area contributed by atoms with Crippen LogP contribution in [0.15, 0.2) is 48.6 Å². The molecule has 0 saturated carbocycles. The number of carbonyl (C=O) groups excluding carboxylic acids is 1. The maximum absolute atomic E-state index is 10.6. The Labute approximate surface area is 83.7 Å². The first-order valence-corrected chi connectivity index (χ1v) is 4.39. The summed E-state index contributed by atoms with van der Waals surface area (Å²) >= 11 is 0. The smallest absolute Gasteiger partial charge is 0.244 e. The number of hydrogen-bond donors (Lipinski definition) is 1. The molecule has 1 aromatic rings. The minimum Gasteiger partial charge on any atom is -0.366 e. The van der Waals surface area contributed by atoms with Gasteiger partial charge in [-0.2, -0.15) is 0 Å². The zero-order valence-corrected chi connectivity index (χ0v) is 7.94. The Morgan fingerprint density at radius 2 is 2.00 bits per heavy atom. The largest absolute Gasteiger partial charge is 0.366 e. The average Bonchev–Trinajstić information content (AvgIpc) is 2.19. The fraction of sp³-hybridized carbons (Fsp3) is 0.0833. The van der Waals surface area contributed by atoms with Gasteiger partial charge >= 0.3 is 0 Å². The molecule has 0 unspecified atom stereocenters. The van der Waals surface area contributed by atoms with E-state index in [0.717, 1.165) is 5.56 Å². The van der Waals surface area contributed by atoms with Crippen molar-refractivity contribution in [2.45, 2.75) is 6.42 Å². The molecular weight excluding hydrogens is 174 g/mol. The van der Waals surface area contributed by atoms with Crippen LogP contribution >= 0.6 is 0 Å². The monoisotopic (exact) mass is 187 g/mol. The van der Waals surface area contributed by atoms with E-state index in [1.807, 2.05) is 42.5 Å². The number of rotatable bonds is 4. The van der Waals surface area contributed by atoms with E-state index in [0.29, 0.717) is 12.0 Å². The van der Waals surface area contributed by atoms with Crippen LogP contribution in [-0.2, 0) is 4.79 Å². The predicted molar refractivity (Wildman–Crippen MR) is 58.4 cm³/mol. The lowest BCUT2D eigenvalue weighted by molar-refractivity contribution is -0.114. The lowest BCUT2D eigenvalue weighted by Crippen LogP contribution is -2.12. The Bertz CT molecular complexity index is 352. The van der Waals surface area contributed by atoms with Gasteiger partial charge in [-0.25, -0.2) is 0 Å². The summed E-state index contributed by atoms with van der Waals surface area (Å²) in [5.41, 5.74) is 6.57. The first-order chi connectivity index (χ1) is 6.70. The van der Waals surface area contributed by atoms with Crippen LogP contribution in [0.4, 0.5) is 0 Å². The van der Waals surface area contributed by atoms with Gasteiger partial charge in [-0.05, 0) is 12.0 Å². The number of carbonyl (C=O) groups is 1. The van der Waals surface area contributed by atoms with Crippen LogP contribution in [0, 0.1) is 0 Å². The Morgan fingerprint density at radius 1 is 1.36 bits per heavy atom. The molecule has 14 heavy (non-hydrogen) atoms. The third kappa shape index (κ3) is 3.27. The van der Waals surface area contributed by atoms with Gasteiger partial charge in [0.2, 0.25) is 5.91 Å². The lowest BCUT2D eigenvalue weighted by Gasteiger charge is -1.94. The van der Waals surface area contributed by atoms with Gasteiger partial charge in [-0.3, -0.25) is 4.79 Å². The normalized spacial score (nSPS) is 10.3. The van der Waals surface area contributed by atoms with Gasteiger partial charge in [-0.15, -0.1) is 0 Å². The van der Waals surface area contributed by atoms with E-state index in [4.69, 9.17) is 5.73 Å². The standard InChI is InChI=1S/C12H13NO/c1-10(12(13)14)6-5-9-11-7-3-2-4-8-11/h2-5,7-9H,1,6H2,(H2,13,14). The highest BCUT2D eigenvalue weighted by Crippen LogP contribution is 2.04. The highest BCUT2D eigenvalue weighted by Gasteiger charge is 1.96.